The van der Waals surface area contributed by atoms with Gasteiger partial charge in [-0.1, -0.05) is 36.4 Å². The lowest BCUT2D eigenvalue weighted by Gasteiger charge is -2.33. The van der Waals surface area contributed by atoms with Gasteiger partial charge >= 0.3 is 6.09 Å². The van der Waals surface area contributed by atoms with Gasteiger partial charge < -0.3 is 20.3 Å². The smallest absolute Gasteiger partial charge is 0.408 e. The number of likely N-dealkylation sites (N-methyl/N-ethyl adjacent to an activating group) is 1. The van der Waals surface area contributed by atoms with Gasteiger partial charge in [0.15, 0.2) is 0 Å². The molecule has 0 saturated carbocycles. The number of rotatable bonds is 7. The number of alkyl carbamates (subject to hydrolysis) is 1. The van der Waals surface area contributed by atoms with Crippen molar-refractivity contribution in [2.75, 3.05) is 18.4 Å². The largest absolute Gasteiger partial charge is 0.444 e. The fraction of sp³-hybridized carbons (Fsp3) is 0.444. The molecule has 0 radical (unpaired) electrons. The van der Waals surface area contributed by atoms with Crippen molar-refractivity contribution >= 4 is 23.6 Å². The number of nitrogens with one attached hydrogen (secondary N) is 2. The normalized spacial score (nSPS) is 12.0. The maximum atomic E-state index is 13.7. The molecule has 0 aliphatic heterocycles. The van der Waals surface area contributed by atoms with E-state index in [-0.39, 0.29) is 24.9 Å². The minimum atomic E-state index is -0.863. The Bertz CT molecular complexity index is 1020. The van der Waals surface area contributed by atoms with Crippen molar-refractivity contribution in [3.8, 4) is 0 Å². The summed E-state index contributed by atoms with van der Waals surface area (Å²) in [4.78, 5) is 40.6. The van der Waals surface area contributed by atoms with Gasteiger partial charge in [0, 0.05) is 12.2 Å². The van der Waals surface area contributed by atoms with Crippen LogP contribution in [-0.4, -0.2) is 41.5 Å². The van der Waals surface area contributed by atoms with Gasteiger partial charge in [0.25, 0.3) is 5.91 Å². The first-order valence-corrected chi connectivity index (χ1v) is 11.5. The predicted octanol–water partition coefficient (Wildman–Crippen LogP) is 4.97. The highest BCUT2D eigenvalue weighted by Crippen LogP contribution is 2.30. The lowest BCUT2D eigenvalue weighted by molar-refractivity contribution is -0.138. The van der Waals surface area contributed by atoms with Crippen molar-refractivity contribution in [1.82, 2.24) is 10.2 Å². The molecule has 2 N–H and O–H groups in total. The molecule has 0 aliphatic rings. The van der Waals surface area contributed by atoms with E-state index in [9.17, 15) is 14.4 Å². The van der Waals surface area contributed by atoms with Gasteiger partial charge in [-0.2, -0.15) is 0 Å². The molecule has 2 aromatic carbocycles. The summed E-state index contributed by atoms with van der Waals surface area (Å²) in [5.41, 5.74) is 4.53. The Kier molecular flexibility index (Phi) is 8.85. The summed E-state index contributed by atoms with van der Waals surface area (Å²) in [6.45, 7) is 14.8. The van der Waals surface area contributed by atoms with Crippen LogP contribution in [0.4, 0.5) is 10.5 Å². The van der Waals surface area contributed by atoms with Gasteiger partial charge in [-0.15, -0.1) is 0 Å². The third-order valence-electron chi connectivity index (χ3n) is 5.55. The molecule has 0 fully saturated rings. The van der Waals surface area contributed by atoms with Gasteiger partial charge in [-0.05, 0) is 83.2 Å². The molecule has 7 nitrogen and oxygen atoms in total. The lowest BCUT2D eigenvalue weighted by Crippen LogP contribution is -2.46. The highest BCUT2D eigenvalue weighted by atomic mass is 16.6. The molecule has 0 bridgehead atoms. The highest BCUT2D eigenvalue weighted by Gasteiger charge is 2.33. The molecular weight excluding hydrogens is 430 g/mol. The highest BCUT2D eigenvalue weighted by molar-refractivity contribution is 5.99. The van der Waals surface area contributed by atoms with E-state index < -0.39 is 17.7 Å². The second-order valence-electron chi connectivity index (χ2n) is 9.50. The van der Waals surface area contributed by atoms with Crippen molar-refractivity contribution in [1.29, 1.82) is 0 Å². The Morgan fingerprint density at radius 2 is 1.41 bits per heavy atom. The summed E-state index contributed by atoms with van der Waals surface area (Å²) in [7, 11) is 0. The molecule has 1 unspecified atom stereocenters. The van der Waals surface area contributed by atoms with Crippen molar-refractivity contribution in [2.24, 2.45) is 0 Å². The standard InChI is InChI=1S/C27H37N3O4/c1-9-30(21(31)16-28-26(33)34-27(6,7)8)24(22-17(2)12-10-13-18(22)3)25(32)29-23-19(4)14-11-15-20(23)5/h10-15,24H,9,16H2,1-8H3,(H,28,33)(H,29,32). The van der Waals surface area contributed by atoms with Crippen LogP contribution in [0.25, 0.3) is 0 Å². The van der Waals surface area contributed by atoms with E-state index >= 15 is 0 Å². The van der Waals surface area contributed by atoms with E-state index in [4.69, 9.17) is 4.74 Å². The maximum Gasteiger partial charge on any atom is 0.408 e. The van der Waals surface area contributed by atoms with Crippen molar-refractivity contribution in [2.45, 2.75) is 67.0 Å². The Hall–Kier alpha value is -3.35. The quantitative estimate of drug-likeness (QED) is 0.602. The van der Waals surface area contributed by atoms with Crippen molar-refractivity contribution in [3.63, 3.8) is 0 Å². The molecule has 34 heavy (non-hydrogen) atoms. The average molecular weight is 468 g/mol. The monoisotopic (exact) mass is 467 g/mol. The first kappa shape index (κ1) is 26.9. The van der Waals surface area contributed by atoms with E-state index in [0.717, 1.165) is 33.5 Å². The van der Waals surface area contributed by atoms with E-state index in [2.05, 4.69) is 10.6 Å². The number of aryl methyl sites for hydroxylation is 4. The molecule has 2 rings (SSSR count). The molecule has 0 aromatic heterocycles. The van der Waals surface area contributed by atoms with E-state index in [1.807, 2.05) is 71.0 Å². The van der Waals surface area contributed by atoms with Crippen LogP contribution < -0.4 is 10.6 Å². The molecule has 2 aromatic rings. The molecular formula is C27H37N3O4. The van der Waals surface area contributed by atoms with E-state index in [0.29, 0.717) is 0 Å². The van der Waals surface area contributed by atoms with Crippen LogP contribution in [-0.2, 0) is 14.3 Å². The van der Waals surface area contributed by atoms with Gasteiger partial charge in [0.1, 0.15) is 18.2 Å². The number of carbonyl (C=O) groups is 3. The van der Waals surface area contributed by atoms with Crippen molar-refractivity contribution in [3.05, 3.63) is 64.2 Å². The third kappa shape index (κ3) is 6.83. The van der Waals surface area contributed by atoms with Gasteiger partial charge in [-0.3, -0.25) is 9.59 Å². The molecule has 0 heterocycles. The van der Waals surface area contributed by atoms with Crippen LogP contribution in [0.2, 0.25) is 0 Å². The minimum Gasteiger partial charge on any atom is -0.444 e. The maximum absolute atomic E-state index is 13.7. The van der Waals surface area contributed by atoms with Crippen LogP contribution in [0, 0.1) is 27.7 Å². The summed E-state index contributed by atoms with van der Waals surface area (Å²) in [5.74, 6) is -0.681. The fourth-order valence-electron chi connectivity index (χ4n) is 3.96. The van der Waals surface area contributed by atoms with Gasteiger partial charge in [0.05, 0.1) is 0 Å². The summed E-state index contributed by atoms with van der Waals surface area (Å²) in [5, 5.41) is 5.56. The number of para-hydroxylation sites is 1. The SMILES string of the molecule is CCN(C(=O)CNC(=O)OC(C)(C)C)C(C(=O)Nc1c(C)cccc1C)c1c(C)cccc1C. The molecule has 7 heteroatoms. The number of benzene rings is 2. The minimum absolute atomic E-state index is 0.277. The average Bonchev–Trinajstić information content (AvgIpc) is 2.72. The van der Waals surface area contributed by atoms with Crippen LogP contribution >= 0.6 is 0 Å². The van der Waals surface area contributed by atoms with Gasteiger partial charge in [0.2, 0.25) is 5.91 Å². The zero-order valence-electron chi connectivity index (χ0n) is 21.5. The summed E-state index contributed by atoms with van der Waals surface area (Å²) in [6.07, 6.45) is -0.680. The zero-order valence-corrected chi connectivity index (χ0v) is 21.5. The molecule has 3 amide bonds. The number of anilines is 1. The number of amides is 3. The van der Waals surface area contributed by atoms with Crippen LogP contribution in [0.15, 0.2) is 36.4 Å². The summed E-state index contributed by atoms with van der Waals surface area (Å²) >= 11 is 0. The first-order chi connectivity index (χ1) is 15.9. The van der Waals surface area contributed by atoms with Crippen molar-refractivity contribution < 1.29 is 19.1 Å². The fourth-order valence-corrected chi connectivity index (χ4v) is 3.96. The number of ether oxygens (including phenoxy) is 1. The lowest BCUT2D eigenvalue weighted by atomic mass is 9.93. The summed E-state index contributed by atoms with van der Waals surface area (Å²) in [6, 6.07) is 10.7. The predicted molar refractivity (Wildman–Crippen MR) is 135 cm³/mol. The molecule has 0 aliphatic carbocycles. The molecule has 0 saturated heterocycles. The molecule has 1 atom stereocenters. The Balaban J connectivity index is 2.40. The van der Waals surface area contributed by atoms with E-state index in [1.165, 1.54) is 4.90 Å². The second kappa shape index (κ2) is 11.2. The van der Waals surface area contributed by atoms with Crippen LogP contribution in [0.3, 0.4) is 0 Å². The Labute approximate surface area is 202 Å². The zero-order chi connectivity index (χ0) is 25.6. The van der Waals surface area contributed by atoms with Gasteiger partial charge in [-0.25, -0.2) is 4.79 Å². The first-order valence-electron chi connectivity index (χ1n) is 11.5. The Morgan fingerprint density at radius 1 is 0.912 bits per heavy atom. The number of hydrogen-bond donors (Lipinski definition) is 2. The Morgan fingerprint density at radius 3 is 1.88 bits per heavy atom. The number of nitrogens with zero attached hydrogens (tertiary/aromatic N) is 1. The number of hydrogen-bond acceptors (Lipinski definition) is 4. The molecule has 0 spiro atoms. The topological polar surface area (TPSA) is 87.7 Å². The second-order valence-corrected chi connectivity index (χ2v) is 9.50. The van der Waals surface area contributed by atoms with Crippen LogP contribution in [0.1, 0.15) is 61.6 Å². The number of carbonyl (C=O) groups excluding carboxylic acids is 3. The third-order valence-corrected chi connectivity index (χ3v) is 5.55. The van der Waals surface area contributed by atoms with E-state index in [1.54, 1.807) is 20.8 Å². The molecule has 184 valence electrons. The summed E-state index contributed by atoms with van der Waals surface area (Å²) < 4.78 is 5.24. The van der Waals surface area contributed by atoms with Crippen LogP contribution in [0.5, 0.6) is 0 Å².